The molecule has 4 nitrogen and oxygen atoms in total. The zero-order chi connectivity index (χ0) is 14.1. The van der Waals surface area contributed by atoms with Crippen LogP contribution in [0.4, 0.5) is 11.4 Å². The summed E-state index contributed by atoms with van der Waals surface area (Å²) >= 11 is 0. The van der Waals surface area contributed by atoms with Gasteiger partial charge in [-0.1, -0.05) is 13.8 Å². The molecule has 0 unspecified atom stereocenters. The maximum absolute atomic E-state index is 11.6. The highest BCUT2D eigenvalue weighted by molar-refractivity contribution is 5.90. The van der Waals surface area contributed by atoms with E-state index in [0.717, 1.165) is 30.9 Å². The van der Waals surface area contributed by atoms with Gasteiger partial charge in [0.2, 0.25) is 5.91 Å². The van der Waals surface area contributed by atoms with E-state index < -0.39 is 0 Å². The minimum atomic E-state index is 0.0656. The van der Waals surface area contributed by atoms with E-state index >= 15 is 0 Å². The molecule has 4 heteroatoms. The Kier molecular flexibility index (Phi) is 6.97. The molecule has 0 saturated heterocycles. The lowest BCUT2D eigenvalue weighted by atomic mass is 10.1. The van der Waals surface area contributed by atoms with E-state index in [-0.39, 0.29) is 5.91 Å². The lowest BCUT2D eigenvalue weighted by Gasteiger charge is -2.09. The minimum Gasteiger partial charge on any atom is -0.385 e. The Bertz CT molecular complexity index is 374. The molecule has 1 amide bonds. The second kappa shape index (κ2) is 8.53. The number of nitrogens with one attached hydrogen (secondary N) is 2. The summed E-state index contributed by atoms with van der Waals surface area (Å²) in [5.41, 5.74) is 1.89. The van der Waals surface area contributed by atoms with Crippen molar-refractivity contribution in [2.45, 2.75) is 26.7 Å². The molecule has 1 aromatic carbocycles. The normalized spacial score (nSPS) is 10.5. The molecular formula is C15H24N2O2. The Morgan fingerprint density at radius 3 is 2.42 bits per heavy atom. The predicted molar refractivity (Wildman–Crippen MR) is 79.5 cm³/mol. The summed E-state index contributed by atoms with van der Waals surface area (Å²) in [4.78, 5) is 11.6. The van der Waals surface area contributed by atoms with Crippen LogP contribution in [0, 0.1) is 5.92 Å². The van der Waals surface area contributed by atoms with Crippen molar-refractivity contribution in [3.63, 3.8) is 0 Å². The fraction of sp³-hybridized carbons (Fsp3) is 0.533. The number of hydrogen-bond acceptors (Lipinski definition) is 3. The number of benzene rings is 1. The van der Waals surface area contributed by atoms with E-state index in [1.807, 2.05) is 38.1 Å². The van der Waals surface area contributed by atoms with Crippen molar-refractivity contribution in [2.75, 3.05) is 30.9 Å². The number of carbonyl (C=O) groups excluding carboxylic acids is 1. The van der Waals surface area contributed by atoms with Crippen LogP contribution in [-0.2, 0) is 9.53 Å². The highest BCUT2D eigenvalue weighted by atomic mass is 16.5. The number of methoxy groups -OCH3 is 1. The average Bonchev–Trinajstić information content (AvgIpc) is 2.35. The lowest BCUT2D eigenvalue weighted by molar-refractivity contribution is -0.116. The Morgan fingerprint density at radius 2 is 1.84 bits per heavy atom. The fourth-order valence-electron chi connectivity index (χ4n) is 1.70. The third-order valence-electron chi connectivity index (χ3n) is 2.62. The van der Waals surface area contributed by atoms with Crippen molar-refractivity contribution in [1.82, 2.24) is 0 Å². The number of rotatable bonds is 8. The third-order valence-corrected chi connectivity index (χ3v) is 2.62. The molecule has 106 valence electrons. The maximum atomic E-state index is 11.6. The quantitative estimate of drug-likeness (QED) is 0.709. The molecule has 0 aromatic heterocycles. The fourth-order valence-corrected chi connectivity index (χ4v) is 1.70. The van der Waals surface area contributed by atoms with Crippen molar-refractivity contribution in [3.05, 3.63) is 24.3 Å². The van der Waals surface area contributed by atoms with Crippen molar-refractivity contribution in [2.24, 2.45) is 5.92 Å². The molecule has 0 aliphatic carbocycles. The summed E-state index contributed by atoms with van der Waals surface area (Å²) in [5.74, 6) is 0.442. The molecule has 0 saturated carbocycles. The molecule has 19 heavy (non-hydrogen) atoms. The highest BCUT2D eigenvalue weighted by Crippen LogP contribution is 2.14. The van der Waals surface area contributed by atoms with Gasteiger partial charge in [0.05, 0.1) is 0 Å². The van der Waals surface area contributed by atoms with Gasteiger partial charge in [-0.15, -0.1) is 0 Å². The largest absolute Gasteiger partial charge is 0.385 e. The number of amides is 1. The highest BCUT2D eigenvalue weighted by Gasteiger charge is 2.04. The van der Waals surface area contributed by atoms with Gasteiger partial charge < -0.3 is 15.4 Å². The summed E-state index contributed by atoms with van der Waals surface area (Å²) < 4.78 is 4.99. The Morgan fingerprint density at radius 1 is 1.21 bits per heavy atom. The summed E-state index contributed by atoms with van der Waals surface area (Å²) in [7, 11) is 1.70. The first-order valence-corrected chi connectivity index (χ1v) is 6.74. The van der Waals surface area contributed by atoms with E-state index in [1.165, 1.54) is 0 Å². The summed E-state index contributed by atoms with van der Waals surface area (Å²) in [6.45, 7) is 5.71. The van der Waals surface area contributed by atoms with E-state index in [1.54, 1.807) is 7.11 Å². The van der Waals surface area contributed by atoms with Crippen molar-refractivity contribution < 1.29 is 9.53 Å². The molecule has 1 rings (SSSR count). The SMILES string of the molecule is COCCCNc1ccc(NC(=O)CC(C)C)cc1. The second-order valence-electron chi connectivity index (χ2n) is 5.00. The predicted octanol–water partition coefficient (Wildman–Crippen LogP) is 3.12. The monoisotopic (exact) mass is 264 g/mol. The molecule has 1 aromatic rings. The number of carbonyl (C=O) groups is 1. The van der Waals surface area contributed by atoms with Gasteiger partial charge in [-0.05, 0) is 36.6 Å². The van der Waals surface area contributed by atoms with Crippen molar-refractivity contribution in [1.29, 1.82) is 0 Å². The van der Waals surface area contributed by atoms with Gasteiger partial charge in [-0.25, -0.2) is 0 Å². The number of ether oxygens (including phenoxy) is 1. The summed E-state index contributed by atoms with van der Waals surface area (Å²) in [6, 6.07) is 7.77. The first kappa shape index (κ1) is 15.5. The third kappa shape index (κ3) is 6.82. The molecule has 0 heterocycles. The van der Waals surface area contributed by atoms with Gasteiger partial charge in [0, 0.05) is 38.1 Å². The molecule has 2 N–H and O–H groups in total. The van der Waals surface area contributed by atoms with Crippen molar-refractivity contribution in [3.8, 4) is 0 Å². The zero-order valence-corrected chi connectivity index (χ0v) is 12.0. The molecule has 0 fully saturated rings. The molecular weight excluding hydrogens is 240 g/mol. The Balaban J connectivity index is 2.36. The van der Waals surface area contributed by atoms with Gasteiger partial charge in [-0.2, -0.15) is 0 Å². The van der Waals surface area contributed by atoms with Crippen LogP contribution in [0.25, 0.3) is 0 Å². The zero-order valence-electron chi connectivity index (χ0n) is 12.0. The smallest absolute Gasteiger partial charge is 0.224 e. The van der Waals surface area contributed by atoms with Crippen LogP contribution in [-0.4, -0.2) is 26.2 Å². The summed E-state index contributed by atoms with van der Waals surface area (Å²) in [6.07, 6.45) is 1.53. The minimum absolute atomic E-state index is 0.0656. The molecule has 0 atom stereocenters. The Hall–Kier alpha value is -1.55. The van der Waals surface area contributed by atoms with E-state index in [4.69, 9.17) is 4.74 Å². The van der Waals surface area contributed by atoms with Gasteiger partial charge >= 0.3 is 0 Å². The topological polar surface area (TPSA) is 50.4 Å². The first-order valence-electron chi connectivity index (χ1n) is 6.74. The molecule has 0 aliphatic heterocycles. The van der Waals surface area contributed by atoms with Crippen LogP contribution in [0.2, 0.25) is 0 Å². The molecule has 0 radical (unpaired) electrons. The van der Waals surface area contributed by atoms with Gasteiger partial charge in [0.25, 0.3) is 0 Å². The van der Waals surface area contributed by atoms with Crippen molar-refractivity contribution >= 4 is 17.3 Å². The van der Waals surface area contributed by atoms with Crippen LogP contribution < -0.4 is 10.6 Å². The molecule has 0 spiro atoms. The van der Waals surface area contributed by atoms with Crippen LogP contribution in [0.15, 0.2) is 24.3 Å². The Labute approximate surface area is 115 Å². The van der Waals surface area contributed by atoms with Gasteiger partial charge in [-0.3, -0.25) is 4.79 Å². The van der Waals surface area contributed by atoms with Gasteiger partial charge in [0.1, 0.15) is 0 Å². The van der Waals surface area contributed by atoms with Crippen LogP contribution in [0.5, 0.6) is 0 Å². The molecule has 0 bridgehead atoms. The number of anilines is 2. The lowest BCUT2D eigenvalue weighted by Crippen LogP contribution is -2.13. The second-order valence-corrected chi connectivity index (χ2v) is 5.00. The van der Waals surface area contributed by atoms with E-state index in [0.29, 0.717) is 12.3 Å². The average molecular weight is 264 g/mol. The first-order chi connectivity index (χ1) is 9.11. The van der Waals surface area contributed by atoms with Crippen LogP contribution in [0.1, 0.15) is 26.7 Å². The van der Waals surface area contributed by atoms with E-state index in [2.05, 4.69) is 10.6 Å². The van der Waals surface area contributed by atoms with Crippen LogP contribution >= 0.6 is 0 Å². The standard InChI is InChI=1S/C15H24N2O2/c1-12(2)11-15(18)17-14-7-5-13(6-8-14)16-9-4-10-19-3/h5-8,12,16H,4,9-11H2,1-3H3,(H,17,18). The number of hydrogen-bond donors (Lipinski definition) is 2. The molecule has 0 aliphatic rings. The van der Waals surface area contributed by atoms with Gasteiger partial charge in [0.15, 0.2) is 0 Å². The van der Waals surface area contributed by atoms with E-state index in [9.17, 15) is 4.79 Å². The van der Waals surface area contributed by atoms with Crippen LogP contribution in [0.3, 0.4) is 0 Å². The summed E-state index contributed by atoms with van der Waals surface area (Å²) in [5, 5.41) is 6.19. The maximum Gasteiger partial charge on any atom is 0.224 e.